The Morgan fingerprint density at radius 2 is 2.07 bits per heavy atom. The highest BCUT2D eigenvalue weighted by Gasteiger charge is 2.34. The van der Waals surface area contributed by atoms with Gasteiger partial charge in [-0.2, -0.15) is 0 Å². The number of furan rings is 1. The molecular weight excluding hydrogens is 372 g/mol. The Morgan fingerprint density at radius 1 is 1.24 bits per heavy atom. The topological polar surface area (TPSA) is 99.9 Å². The number of carbonyl (C=O) groups excluding carboxylic acids is 2. The standard InChI is InChI=1S/C22H26N2O5/c1-15-6-4-7-16(12-15)13-17(22(27)28)14-23-20(25)18-8-2-3-10-24(18)21(26)19-9-5-11-29-19/h4-7,9,11-12,17-18H,2-3,8,10,13-14H2,1H3,(H,23,25)(H,27,28). The first-order valence-electron chi connectivity index (χ1n) is 9.86. The highest BCUT2D eigenvalue weighted by Crippen LogP contribution is 2.20. The van der Waals surface area contributed by atoms with Crippen molar-refractivity contribution < 1.29 is 23.9 Å². The molecule has 0 bridgehead atoms. The van der Waals surface area contributed by atoms with Crippen LogP contribution in [-0.2, 0) is 16.0 Å². The number of nitrogens with one attached hydrogen (secondary N) is 1. The molecule has 0 aliphatic carbocycles. The monoisotopic (exact) mass is 398 g/mol. The van der Waals surface area contributed by atoms with Gasteiger partial charge in [-0.15, -0.1) is 0 Å². The molecule has 1 aromatic carbocycles. The summed E-state index contributed by atoms with van der Waals surface area (Å²) < 4.78 is 5.18. The number of carboxylic acids is 1. The van der Waals surface area contributed by atoms with E-state index in [-0.39, 0.29) is 24.1 Å². The summed E-state index contributed by atoms with van der Waals surface area (Å²) in [6, 6.07) is 10.3. The number of nitrogens with zero attached hydrogens (tertiary/aromatic N) is 1. The van der Waals surface area contributed by atoms with E-state index in [1.807, 2.05) is 31.2 Å². The Bertz CT molecular complexity index is 862. The lowest BCUT2D eigenvalue weighted by Crippen LogP contribution is -2.52. The number of hydrogen-bond acceptors (Lipinski definition) is 4. The third-order valence-corrected chi connectivity index (χ3v) is 5.23. The molecule has 1 saturated heterocycles. The van der Waals surface area contributed by atoms with Crippen LogP contribution in [0.2, 0.25) is 0 Å². The van der Waals surface area contributed by atoms with Gasteiger partial charge in [0.15, 0.2) is 5.76 Å². The molecule has 7 nitrogen and oxygen atoms in total. The van der Waals surface area contributed by atoms with Crippen molar-refractivity contribution in [3.8, 4) is 0 Å². The second-order valence-electron chi connectivity index (χ2n) is 7.46. The van der Waals surface area contributed by atoms with Crippen LogP contribution in [0.4, 0.5) is 0 Å². The van der Waals surface area contributed by atoms with Crippen molar-refractivity contribution >= 4 is 17.8 Å². The zero-order chi connectivity index (χ0) is 20.8. The Hall–Kier alpha value is -3.09. The summed E-state index contributed by atoms with van der Waals surface area (Å²) in [6.45, 7) is 2.44. The van der Waals surface area contributed by atoms with Gasteiger partial charge in [0.1, 0.15) is 6.04 Å². The number of carbonyl (C=O) groups is 3. The van der Waals surface area contributed by atoms with Gasteiger partial charge in [0.2, 0.25) is 5.91 Å². The molecule has 154 valence electrons. The number of aliphatic carboxylic acids is 1. The van der Waals surface area contributed by atoms with Crippen LogP contribution in [0.15, 0.2) is 47.1 Å². The number of amides is 2. The van der Waals surface area contributed by atoms with Crippen LogP contribution < -0.4 is 5.32 Å². The van der Waals surface area contributed by atoms with Gasteiger partial charge in [-0.25, -0.2) is 0 Å². The Kier molecular flexibility index (Phi) is 6.69. The first kappa shape index (κ1) is 20.6. The highest BCUT2D eigenvalue weighted by atomic mass is 16.4. The molecule has 0 radical (unpaired) electrons. The maximum atomic E-state index is 12.8. The fourth-order valence-electron chi connectivity index (χ4n) is 3.70. The van der Waals surface area contributed by atoms with Crippen molar-refractivity contribution in [2.24, 2.45) is 5.92 Å². The second-order valence-corrected chi connectivity index (χ2v) is 7.46. The molecule has 1 aromatic heterocycles. The van der Waals surface area contributed by atoms with Crippen LogP contribution in [-0.4, -0.2) is 46.9 Å². The molecule has 7 heteroatoms. The molecule has 2 aromatic rings. The van der Waals surface area contributed by atoms with Crippen LogP contribution in [0, 0.1) is 12.8 Å². The van der Waals surface area contributed by atoms with Crippen LogP contribution in [0.25, 0.3) is 0 Å². The molecule has 1 aliphatic rings. The minimum Gasteiger partial charge on any atom is -0.481 e. The van der Waals surface area contributed by atoms with E-state index in [0.29, 0.717) is 19.4 Å². The van der Waals surface area contributed by atoms with Gasteiger partial charge in [-0.05, 0) is 50.3 Å². The molecule has 2 N–H and O–H groups in total. The number of rotatable bonds is 7. The fraction of sp³-hybridized carbons (Fsp3) is 0.409. The molecule has 29 heavy (non-hydrogen) atoms. The van der Waals surface area contributed by atoms with Crippen molar-refractivity contribution in [1.29, 1.82) is 0 Å². The quantitative estimate of drug-likeness (QED) is 0.747. The van der Waals surface area contributed by atoms with E-state index in [1.54, 1.807) is 12.1 Å². The van der Waals surface area contributed by atoms with Gasteiger partial charge in [0.25, 0.3) is 5.91 Å². The van der Waals surface area contributed by atoms with E-state index in [2.05, 4.69) is 5.32 Å². The van der Waals surface area contributed by atoms with E-state index in [0.717, 1.165) is 24.0 Å². The molecule has 0 spiro atoms. The summed E-state index contributed by atoms with van der Waals surface area (Å²) in [5, 5.41) is 12.3. The summed E-state index contributed by atoms with van der Waals surface area (Å²) in [5.41, 5.74) is 1.98. The Labute approximate surface area is 169 Å². The summed E-state index contributed by atoms with van der Waals surface area (Å²) in [4.78, 5) is 38.6. The molecule has 1 aliphatic heterocycles. The van der Waals surface area contributed by atoms with Gasteiger partial charge >= 0.3 is 5.97 Å². The number of likely N-dealkylation sites (tertiary alicyclic amines) is 1. The lowest BCUT2D eigenvalue weighted by atomic mass is 9.97. The minimum absolute atomic E-state index is 0.0153. The van der Waals surface area contributed by atoms with Gasteiger partial charge in [0, 0.05) is 13.1 Å². The van der Waals surface area contributed by atoms with E-state index >= 15 is 0 Å². The Balaban J connectivity index is 1.63. The van der Waals surface area contributed by atoms with Crippen molar-refractivity contribution in [1.82, 2.24) is 10.2 Å². The lowest BCUT2D eigenvalue weighted by Gasteiger charge is -2.34. The largest absolute Gasteiger partial charge is 0.481 e. The zero-order valence-corrected chi connectivity index (χ0v) is 16.5. The van der Waals surface area contributed by atoms with Crippen molar-refractivity contribution in [3.63, 3.8) is 0 Å². The van der Waals surface area contributed by atoms with E-state index in [9.17, 15) is 19.5 Å². The van der Waals surface area contributed by atoms with Crippen LogP contribution in [0.1, 0.15) is 40.9 Å². The van der Waals surface area contributed by atoms with Gasteiger partial charge in [0.05, 0.1) is 12.2 Å². The van der Waals surface area contributed by atoms with Gasteiger partial charge in [-0.3, -0.25) is 14.4 Å². The molecule has 2 atom stereocenters. The maximum absolute atomic E-state index is 12.8. The molecular formula is C22H26N2O5. The fourth-order valence-corrected chi connectivity index (χ4v) is 3.70. The summed E-state index contributed by atoms with van der Waals surface area (Å²) in [6.07, 6.45) is 3.97. The predicted molar refractivity (Wildman–Crippen MR) is 106 cm³/mol. The zero-order valence-electron chi connectivity index (χ0n) is 16.5. The first-order valence-corrected chi connectivity index (χ1v) is 9.86. The van der Waals surface area contributed by atoms with E-state index < -0.39 is 17.9 Å². The number of carboxylic acid groups (broad SMARTS) is 1. The number of piperidine rings is 1. The molecule has 0 saturated carbocycles. The normalized spacial score (nSPS) is 17.6. The average Bonchev–Trinajstić information content (AvgIpc) is 3.25. The van der Waals surface area contributed by atoms with E-state index in [4.69, 9.17) is 4.42 Å². The average molecular weight is 398 g/mol. The lowest BCUT2D eigenvalue weighted by molar-refractivity contribution is -0.141. The van der Waals surface area contributed by atoms with E-state index in [1.165, 1.54) is 11.2 Å². The van der Waals surface area contributed by atoms with Crippen LogP contribution in [0.3, 0.4) is 0 Å². The molecule has 2 heterocycles. The third-order valence-electron chi connectivity index (χ3n) is 5.23. The van der Waals surface area contributed by atoms with Crippen molar-refractivity contribution in [2.45, 2.75) is 38.6 Å². The Morgan fingerprint density at radius 3 is 2.76 bits per heavy atom. The van der Waals surface area contributed by atoms with Crippen molar-refractivity contribution in [2.75, 3.05) is 13.1 Å². The summed E-state index contributed by atoms with van der Waals surface area (Å²) in [7, 11) is 0. The SMILES string of the molecule is Cc1cccc(CC(CNC(=O)C2CCCCN2C(=O)c2ccco2)C(=O)O)c1. The first-order chi connectivity index (χ1) is 14.0. The molecule has 3 rings (SSSR count). The summed E-state index contributed by atoms with van der Waals surface area (Å²) in [5.74, 6) is -2.13. The second kappa shape index (κ2) is 9.41. The van der Waals surface area contributed by atoms with Crippen LogP contribution >= 0.6 is 0 Å². The van der Waals surface area contributed by atoms with Crippen molar-refractivity contribution in [3.05, 3.63) is 59.5 Å². The smallest absolute Gasteiger partial charge is 0.308 e. The highest BCUT2D eigenvalue weighted by molar-refractivity contribution is 5.95. The van der Waals surface area contributed by atoms with Gasteiger partial charge in [-0.1, -0.05) is 29.8 Å². The molecule has 2 amide bonds. The molecule has 1 fully saturated rings. The minimum atomic E-state index is -0.959. The number of benzene rings is 1. The number of aryl methyl sites for hydroxylation is 1. The third kappa shape index (κ3) is 5.25. The number of hydrogen-bond donors (Lipinski definition) is 2. The molecule has 2 unspecified atom stereocenters. The maximum Gasteiger partial charge on any atom is 0.308 e. The van der Waals surface area contributed by atoms with Crippen LogP contribution in [0.5, 0.6) is 0 Å². The predicted octanol–water partition coefficient (Wildman–Crippen LogP) is 2.64. The summed E-state index contributed by atoms with van der Waals surface area (Å²) >= 11 is 0. The van der Waals surface area contributed by atoms with Gasteiger partial charge < -0.3 is 19.7 Å².